The third kappa shape index (κ3) is 8.24. The normalized spacial score (nSPS) is 17.3. The maximum atomic E-state index is 13.5. The number of nitrogens with one attached hydrogen (secondary N) is 2. The summed E-state index contributed by atoms with van der Waals surface area (Å²) in [7, 11) is 0. The fourth-order valence-electron chi connectivity index (χ4n) is 4.19. The minimum atomic E-state index is -1.23. The minimum absolute atomic E-state index is 0.0279. The first-order valence-electron chi connectivity index (χ1n) is 12.7. The maximum absolute atomic E-state index is 13.5. The summed E-state index contributed by atoms with van der Waals surface area (Å²) in [6, 6.07) is 25.6. The largest absolute Gasteiger partial charge is 0.479 e. The average molecular weight is 531 g/mol. The highest BCUT2D eigenvalue weighted by Crippen LogP contribution is 2.25. The SMILES string of the molecule is O=C(N[C@@H](Cc1ccccc1)C(=O)N[C@H](CCc1ccccc1)C(=O)C1OC1C(=O)O)OCc1ccccc1. The molecular weight excluding hydrogens is 500 g/mol. The van der Waals surface area contributed by atoms with Gasteiger partial charge in [0.25, 0.3) is 0 Å². The number of carbonyl (C=O) groups excluding carboxylic acids is 3. The van der Waals surface area contributed by atoms with Crippen molar-refractivity contribution < 1.29 is 33.8 Å². The van der Waals surface area contributed by atoms with Crippen LogP contribution in [-0.4, -0.2) is 53.2 Å². The van der Waals surface area contributed by atoms with E-state index in [1.165, 1.54) is 0 Å². The molecule has 1 aliphatic rings. The average Bonchev–Trinajstić information content (AvgIpc) is 3.77. The van der Waals surface area contributed by atoms with Gasteiger partial charge in [-0.3, -0.25) is 9.59 Å². The zero-order valence-electron chi connectivity index (χ0n) is 21.2. The molecule has 0 aliphatic carbocycles. The molecule has 2 amide bonds. The van der Waals surface area contributed by atoms with Gasteiger partial charge < -0.3 is 25.2 Å². The Kier molecular flexibility index (Phi) is 9.42. The maximum Gasteiger partial charge on any atom is 0.408 e. The first-order chi connectivity index (χ1) is 18.9. The fourth-order valence-corrected chi connectivity index (χ4v) is 4.19. The summed E-state index contributed by atoms with van der Waals surface area (Å²) in [6.45, 7) is 0.0279. The van der Waals surface area contributed by atoms with Crippen LogP contribution in [0.5, 0.6) is 0 Å². The number of ketones is 1. The molecular formula is C30H30N2O7. The highest BCUT2D eigenvalue weighted by molar-refractivity contribution is 5.99. The number of carboxylic acids is 1. The van der Waals surface area contributed by atoms with Gasteiger partial charge in [0, 0.05) is 6.42 Å². The number of epoxide rings is 1. The lowest BCUT2D eigenvalue weighted by Crippen LogP contribution is -2.53. The molecule has 1 heterocycles. The topological polar surface area (TPSA) is 134 Å². The van der Waals surface area contributed by atoms with Crippen molar-refractivity contribution in [1.29, 1.82) is 0 Å². The Hall–Kier alpha value is -4.50. The molecule has 3 aromatic carbocycles. The summed E-state index contributed by atoms with van der Waals surface area (Å²) in [6.07, 6.45) is -2.27. The summed E-state index contributed by atoms with van der Waals surface area (Å²) >= 11 is 0. The van der Waals surface area contributed by atoms with E-state index in [-0.39, 0.29) is 19.4 Å². The van der Waals surface area contributed by atoms with Crippen LogP contribution >= 0.6 is 0 Å². The lowest BCUT2D eigenvalue weighted by atomic mass is 9.98. The molecule has 3 aromatic rings. The van der Waals surface area contributed by atoms with Gasteiger partial charge in [-0.2, -0.15) is 0 Å². The summed E-state index contributed by atoms with van der Waals surface area (Å²) in [5, 5.41) is 14.6. The number of alkyl carbamates (subject to hydrolysis) is 1. The van der Waals surface area contributed by atoms with Crippen molar-refractivity contribution in [3.63, 3.8) is 0 Å². The van der Waals surface area contributed by atoms with Crippen LogP contribution in [-0.2, 0) is 43.3 Å². The van der Waals surface area contributed by atoms with Gasteiger partial charge in [-0.05, 0) is 29.5 Å². The van der Waals surface area contributed by atoms with Crippen LogP contribution in [0.1, 0.15) is 23.1 Å². The summed E-state index contributed by atoms with van der Waals surface area (Å²) < 4.78 is 10.4. The number of hydrogen-bond donors (Lipinski definition) is 3. The monoisotopic (exact) mass is 530 g/mol. The van der Waals surface area contributed by atoms with Gasteiger partial charge in [0.1, 0.15) is 12.6 Å². The van der Waals surface area contributed by atoms with Gasteiger partial charge >= 0.3 is 12.1 Å². The zero-order chi connectivity index (χ0) is 27.6. The van der Waals surface area contributed by atoms with Crippen LogP contribution in [0, 0.1) is 0 Å². The van der Waals surface area contributed by atoms with Crippen LogP contribution in [0.4, 0.5) is 4.79 Å². The standard InChI is InChI=1S/C30H30N2O7/c33-25(26-27(39-26)29(35)36)23(17-16-20-10-4-1-5-11-20)31-28(34)24(18-21-12-6-2-7-13-21)32-30(37)38-19-22-14-8-3-9-15-22/h1-15,23-24,26-27H,16-19H2,(H,31,34)(H,32,37)(H,35,36)/t23-,24+,26?,27?/m1/s1. The summed E-state index contributed by atoms with van der Waals surface area (Å²) in [4.78, 5) is 50.5. The predicted molar refractivity (Wildman–Crippen MR) is 142 cm³/mol. The number of rotatable bonds is 13. The van der Waals surface area contributed by atoms with E-state index in [0.29, 0.717) is 6.42 Å². The Morgan fingerprint density at radius 3 is 1.87 bits per heavy atom. The molecule has 1 fully saturated rings. The fraction of sp³-hybridized carbons (Fsp3) is 0.267. The van der Waals surface area contributed by atoms with Gasteiger partial charge in [-0.1, -0.05) is 91.0 Å². The van der Waals surface area contributed by atoms with Gasteiger partial charge in [0.2, 0.25) is 5.91 Å². The number of carboxylic acid groups (broad SMARTS) is 1. The van der Waals surface area contributed by atoms with Crippen molar-refractivity contribution in [1.82, 2.24) is 10.6 Å². The Morgan fingerprint density at radius 1 is 0.744 bits per heavy atom. The third-order valence-electron chi connectivity index (χ3n) is 6.34. The second kappa shape index (κ2) is 13.3. The van der Waals surface area contributed by atoms with Crippen LogP contribution in [0.25, 0.3) is 0 Å². The molecule has 0 radical (unpaired) electrons. The van der Waals surface area contributed by atoms with Crippen molar-refractivity contribution in [2.45, 2.75) is 50.2 Å². The summed E-state index contributed by atoms with van der Waals surface area (Å²) in [5.41, 5.74) is 2.55. The first-order valence-corrected chi connectivity index (χ1v) is 12.7. The van der Waals surface area contributed by atoms with Crippen LogP contribution < -0.4 is 10.6 Å². The Balaban J connectivity index is 1.46. The Labute approximate surface area is 226 Å². The van der Waals surface area contributed by atoms with Crippen molar-refractivity contribution in [3.8, 4) is 0 Å². The Bertz CT molecular complexity index is 1270. The van der Waals surface area contributed by atoms with Gasteiger partial charge in [-0.25, -0.2) is 9.59 Å². The molecule has 9 nitrogen and oxygen atoms in total. The van der Waals surface area contributed by atoms with Gasteiger partial charge in [-0.15, -0.1) is 0 Å². The van der Waals surface area contributed by atoms with E-state index in [9.17, 15) is 24.3 Å². The molecule has 9 heteroatoms. The number of Topliss-reactive ketones (excluding diaryl/α,β-unsaturated/α-hetero) is 1. The summed E-state index contributed by atoms with van der Waals surface area (Å²) in [5.74, 6) is -2.34. The molecule has 1 aliphatic heterocycles. The van der Waals surface area contributed by atoms with E-state index < -0.39 is 48.0 Å². The highest BCUT2D eigenvalue weighted by atomic mass is 16.6. The molecule has 0 bridgehead atoms. The lowest BCUT2D eigenvalue weighted by molar-refractivity contribution is -0.138. The number of hydrogen-bond acceptors (Lipinski definition) is 6. The van der Waals surface area contributed by atoms with E-state index in [1.807, 2.05) is 91.0 Å². The van der Waals surface area contributed by atoms with Crippen molar-refractivity contribution in [2.75, 3.05) is 0 Å². The van der Waals surface area contributed by atoms with Crippen molar-refractivity contribution in [3.05, 3.63) is 108 Å². The van der Waals surface area contributed by atoms with Gasteiger partial charge in [0.15, 0.2) is 18.0 Å². The third-order valence-corrected chi connectivity index (χ3v) is 6.34. The van der Waals surface area contributed by atoms with Crippen molar-refractivity contribution in [2.24, 2.45) is 0 Å². The molecule has 1 saturated heterocycles. The van der Waals surface area contributed by atoms with E-state index in [0.717, 1.165) is 16.7 Å². The molecule has 3 N–H and O–H groups in total. The first kappa shape index (κ1) is 27.5. The predicted octanol–water partition coefficient (Wildman–Crippen LogP) is 3.06. The highest BCUT2D eigenvalue weighted by Gasteiger charge is 2.52. The number of aliphatic carboxylic acids is 1. The molecule has 4 atom stereocenters. The lowest BCUT2D eigenvalue weighted by Gasteiger charge is -2.23. The molecule has 0 saturated carbocycles. The molecule has 4 rings (SSSR count). The van der Waals surface area contributed by atoms with E-state index in [1.54, 1.807) is 0 Å². The van der Waals surface area contributed by atoms with E-state index in [4.69, 9.17) is 9.47 Å². The number of carbonyl (C=O) groups is 4. The smallest absolute Gasteiger partial charge is 0.408 e. The van der Waals surface area contributed by atoms with Crippen LogP contribution in [0.2, 0.25) is 0 Å². The number of aryl methyl sites for hydroxylation is 1. The number of amides is 2. The van der Waals surface area contributed by atoms with Crippen molar-refractivity contribution >= 4 is 23.8 Å². The second-order valence-corrected chi connectivity index (χ2v) is 9.25. The second-order valence-electron chi connectivity index (χ2n) is 9.25. The van der Waals surface area contributed by atoms with Crippen LogP contribution in [0.3, 0.4) is 0 Å². The molecule has 0 aromatic heterocycles. The van der Waals surface area contributed by atoms with Crippen LogP contribution in [0.15, 0.2) is 91.0 Å². The molecule has 39 heavy (non-hydrogen) atoms. The molecule has 2 unspecified atom stereocenters. The number of benzene rings is 3. The molecule has 0 spiro atoms. The van der Waals surface area contributed by atoms with E-state index >= 15 is 0 Å². The Morgan fingerprint density at radius 2 is 1.31 bits per heavy atom. The number of ether oxygens (including phenoxy) is 2. The van der Waals surface area contributed by atoms with Gasteiger partial charge in [0.05, 0.1) is 6.04 Å². The minimum Gasteiger partial charge on any atom is -0.479 e. The molecule has 202 valence electrons. The quantitative estimate of drug-likeness (QED) is 0.289. The zero-order valence-corrected chi connectivity index (χ0v) is 21.2. The van der Waals surface area contributed by atoms with E-state index in [2.05, 4.69) is 10.6 Å².